The van der Waals surface area contributed by atoms with Crippen molar-refractivity contribution in [3.05, 3.63) is 36.5 Å². The summed E-state index contributed by atoms with van der Waals surface area (Å²) in [5.74, 6) is -0.137. The van der Waals surface area contributed by atoms with Crippen molar-refractivity contribution < 1.29 is 24.5 Å². The highest BCUT2D eigenvalue weighted by atomic mass is 16.5. The maximum absolute atomic E-state index is 12.5. The summed E-state index contributed by atoms with van der Waals surface area (Å²) in [6, 6.07) is -0.650. The van der Waals surface area contributed by atoms with Gasteiger partial charge in [-0.15, -0.1) is 0 Å². The van der Waals surface area contributed by atoms with E-state index in [1.165, 1.54) is 180 Å². The van der Waals surface area contributed by atoms with E-state index in [1.54, 1.807) is 6.08 Å². The van der Waals surface area contributed by atoms with Crippen LogP contribution in [0.4, 0.5) is 0 Å². The lowest BCUT2D eigenvalue weighted by Gasteiger charge is -2.20. The number of hydrogen-bond acceptors (Lipinski definition) is 5. The number of unbranched alkanes of at least 4 members (excludes halogenated alkanes) is 34. The standard InChI is InChI=1S/C55H103NO5/c1-3-5-7-9-11-13-15-17-19-20-21-22-23-24-25-26-28-31-35-39-43-47-53(58)52(51-57)56-54(59)48-44-40-36-32-30-34-38-42-46-50-61-55(60)49-45-41-37-33-29-27-18-16-14-12-10-8-6-4-2/h10,12,16,18,43,47,52-53,57-58H,3-9,11,13-15,17,19-42,44-46,48-51H2,1-2H3,(H,56,59)/b12-10-,18-16-,47-43+. The number of carbonyl (C=O) groups is 2. The molecule has 0 bridgehead atoms. The Kier molecular flexibility index (Phi) is 49.1. The average Bonchev–Trinajstić information content (AvgIpc) is 3.26. The molecule has 0 aliphatic carbocycles. The van der Waals surface area contributed by atoms with E-state index in [4.69, 9.17) is 4.74 Å². The van der Waals surface area contributed by atoms with Crippen molar-refractivity contribution in [2.24, 2.45) is 0 Å². The molecule has 0 aliphatic heterocycles. The molecule has 0 aromatic heterocycles. The highest BCUT2D eigenvalue weighted by molar-refractivity contribution is 5.76. The zero-order chi connectivity index (χ0) is 44.4. The summed E-state index contributed by atoms with van der Waals surface area (Å²) in [6.45, 7) is 4.80. The normalized spacial score (nSPS) is 12.9. The third-order valence-corrected chi connectivity index (χ3v) is 12.2. The van der Waals surface area contributed by atoms with Crippen LogP contribution in [0.25, 0.3) is 0 Å². The van der Waals surface area contributed by atoms with Gasteiger partial charge in [0.1, 0.15) is 0 Å². The van der Waals surface area contributed by atoms with Gasteiger partial charge in [-0.3, -0.25) is 9.59 Å². The number of carbonyl (C=O) groups excluding carboxylic acids is 2. The number of esters is 1. The fraction of sp³-hybridized carbons (Fsp3) is 0.855. The van der Waals surface area contributed by atoms with Gasteiger partial charge < -0.3 is 20.3 Å². The van der Waals surface area contributed by atoms with Gasteiger partial charge in [0.2, 0.25) is 5.91 Å². The minimum atomic E-state index is -0.864. The third-order valence-electron chi connectivity index (χ3n) is 12.2. The SMILES string of the molecule is CCCC/C=C\C/C=C\CCCCCCCC(=O)OCCCCCCCCCCCC(=O)NC(CO)C(O)/C=C/CCCCCCCCCCCCCCCCCCCCC. The number of aliphatic hydroxyl groups is 2. The average molecular weight is 858 g/mol. The van der Waals surface area contributed by atoms with Crippen molar-refractivity contribution >= 4 is 11.9 Å². The molecule has 6 nitrogen and oxygen atoms in total. The van der Waals surface area contributed by atoms with Crippen molar-refractivity contribution in [2.45, 2.75) is 289 Å². The van der Waals surface area contributed by atoms with Gasteiger partial charge in [-0.05, 0) is 57.8 Å². The van der Waals surface area contributed by atoms with Crippen LogP contribution in [0.5, 0.6) is 0 Å². The van der Waals surface area contributed by atoms with Crippen molar-refractivity contribution in [3.8, 4) is 0 Å². The van der Waals surface area contributed by atoms with Crippen LogP contribution in [-0.2, 0) is 14.3 Å². The quantitative estimate of drug-likeness (QED) is 0.0322. The maximum atomic E-state index is 12.5. The molecule has 0 saturated carbocycles. The molecule has 0 heterocycles. The smallest absolute Gasteiger partial charge is 0.305 e. The number of hydrogen-bond donors (Lipinski definition) is 3. The number of amides is 1. The van der Waals surface area contributed by atoms with Gasteiger partial charge in [-0.2, -0.15) is 0 Å². The van der Waals surface area contributed by atoms with E-state index in [0.29, 0.717) is 19.4 Å². The lowest BCUT2D eigenvalue weighted by Crippen LogP contribution is -2.45. The van der Waals surface area contributed by atoms with Gasteiger partial charge in [0, 0.05) is 12.8 Å². The molecule has 0 saturated heterocycles. The minimum Gasteiger partial charge on any atom is -0.466 e. The molecule has 0 radical (unpaired) electrons. The molecule has 2 atom stereocenters. The molecular formula is C55H103NO5. The van der Waals surface area contributed by atoms with Crippen molar-refractivity contribution in [1.29, 1.82) is 0 Å². The topological polar surface area (TPSA) is 95.9 Å². The van der Waals surface area contributed by atoms with E-state index < -0.39 is 12.1 Å². The lowest BCUT2D eigenvalue weighted by atomic mass is 10.0. The Labute approximate surface area is 379 Å². The summed E-state index contributed by atoms with van der Waals surface area (Å²) in [5.41, 5.74) is 0. The summed E-state index contributed by atoms with van der Waals surface area (Å²) in [6.07, 6.45) is 61.5. The second-order valence-corrected chi connectivity index (χ2v) is 18.2. The van der Waals surface area contributed by atoms with Crippen LogP contribution >= 0.6 is 0 Å². The molecular weight excluding hydrogens is 755 g/mol. The molecule has 0 aromatic rings. The van der Waals surface area contributed by atoms with E-state index in [9.17, 15) is 19.8 Å². The summed E-state index contributed by atoms with van der Waals surface area (Å²) in [7, 11) is 0. The van der Waals surface area contributed by atoms with Gasteiger partial charge in [-0.25, -0.2) is 0 Å². The third kappa shape index (κ3) is 47.4. The largest absolute Gasteiger partial charge is 0.466 e. The predicted molar refractivity (Wildman–Crippen MR) is 264 cm³/mol. The molecule has 0 rings (SSSR count). The van der Waals surface area contributed by atoms with Gasteiger partial charge in [0.05, 0.1) is 25.4 Å². The molecule has 3 N–H and O–H groups in total. The van der Waals surface area contributed by atoms with Crippen LogP contribution in [0.2, 0.25) is 0 Å². The highest BCUT2D eigenvalue weighted by Crippen LogP contribution is 2.16. The molecule has 6 heteroatoms. The van der Waals surface area contributed by atoms with Crippen molar-refractivity contribution in [3.63, 3.8) is 0 Å². The fourth-order valence-electron chi connectivity index (χ4n) is 8.00. The summed E-state index contributed by atoms with van der Waals surface area (Å²) in [4.78, 5) is 24.5. The van der Waals surface area contributed by atoms with E-state index in [2.05, 4.69) is 43.5 Å². The number of allylic oxidation sites excluding steroid dienone is 5. The molecule has 1 amide bonds. The predicted octanol–water partition coefficient (Wildman–Crippen LogP) is 16.1. The fourth-order valence-corrected chi connectivity index (χ4v) is 8.00. The zero-order valence-corrected chi connectivity index (χ0v) is 40.6. The van der Waals surface area contributed by atoms with Gasteiger partial charge in [0.25, 0.3) is 0 Å². The number of aliphatic hydroxyl groups excluding tert-OH is 2. The van der Waals surface area contributed by atoms with Crippen LogP contribution < -0.4 is 5.32 Å². The van der Waals surface area contributed by atoms with Crippen LogP contribution in [0.3, 0.4) is 0 Å². The first-order valence-corrected chi connectivity index (χ1v) is 26.8. The molecule has 0 aromatic carbocycles. The Bertz CT molecular complexity index is 993. The Morgan fingerprint density at radius 3 is 1.30 bits per heavy atom. The first kappa shape index (κ1) is 59.1. The molecule has 0 aliphatic rings. The monoisotopic (exact) mass is 858 g/mol. The molecule has 358 valence electrons. The van der Waals surface area contributed by atoms with Gasteiger partial charge in [-0.1, -0.05) is 243 Å². The second kappa shape index (κ2) is 50.7. The maximum Gasteiger partial charge on any atom is 0.305 e. The Hall–Kier alpha value is -1.92. The van der Waals surface area contributed by atoms with E-state index in [1.807, 2.05) is 6.08 Å². The van der Waals surface area contributed by atoms with Gasteiger partial charge in [0.15, 0.2) is 0 Å². The molecule has 2 unspecified atom stereocenters. The molecule has 61 heavy (non-hydrogen) atoms. The molecule has 0 fully saturated rings. The highest BCUT2D eigenvalue weighted by Gasteiger charge is 2.18. The summed E-state index contributed by atoms with van der Waals surface area (Å²) in [5, 5.41) is 23.1. The zero-order valence-electron chi connectivity index (χ0n) is 40.6. The summed E-state index contributed by atoms with van der Waals surface area (Å²) >= 11 is 0. The van der Waals surface area contributed by atoms with Crippen LogP contribution in [0, 0.1) is 0 Å². The number of nitrogens with one attached hydrogen (secondary N) is 1. The Morgan fingerprint density at radius 2 is 0.836 bits per heavy atom. The van der Waals surface area contributed by atoms with E-state index in [0.717, 1.165) is 70.6 Å². The van der Waals surface area contributed by atoms with Crippen molar-refractivity contribution in [1.82, 2.24) is 5.32 Å². The van der Waals surface area contributed by atoms with Crippen LogP contribution in [0.15, 0.2) is 36.5 Å². The first-order chi connectivity index (χ1) is 30.0. The van der Waals surface area contributed by atoms with Crippen LogP contribution in [-0.4, -0.2) is 47.4 Å². The number of rotatable bonds is 49. The first-order valence-electron chi connectivity index (χ1n) is 26.8. The van der Waals surface area contributed by atoms with Crippen molar-refractivity contribution in [2.75, 3.05) is 13.2 Å². The lowest BCUT2D eigenvalue weighted by molar-refractivity contribution is -0.143. The minimum absolute atomic E-state index is 0.0418. The second-order valence-electron chi connectivity index (χ2n) is 18.2. The van der Waals surface area contributed by atoms with Crippen LogP contribution in [0.1, 0.15) is 277 Å². The number of ether oxygens (including phenoxy) is 1. The van der Waals surface area contributed by atoms with E-state index in [-0.39, 0.29) is 18.5 Å². The van der Waals surface area contributed by atoms with Gasteiger partial charge >= 0.3 is 5.97 Å². The summed E-state index contributed by atoms with van der Waals surface area (Å²) < 4.78 is 5.44. The Morgan fingerprint density at radius 1 is 0.459 bits per heavy atom. The van der Waals surface area contributed by atoms with E-state index >= 15 is 0 Å². The Balaban J connectivity index is 3.54. The molecule has 0 spiro atoms.